The number of nitrogens with zero attached hydrogens (tertiary/aromatic N) is 1. The maximum absolute atomic E-state index is 12.1. The lowest BCUT2D eigenvalue weighted by Gasteiger charge is -2.14. The zero-order chi connectivity index (χ0) is 19.1. The number of carboxylic acids is 1. The van der Waals surface area contributed by atoms with Crippen molar-refractivity contribution in [2.75, 3.05) is 0 Å². The van der Waals surface area contributed by atoms with E-state index in [0.717, 1.165) is 28.9 Å². The number of aliphatic carboxylic acids is 1. The molecule has 1 amide bonds. The number of unbranched alkanes of at least 4 members (excludes halogenated alkanes) is 1. The molecular weight excluding hydrogens is 360 g/mol. The molecule has 0 aliphatic heterocycles. The Bertz CT molecular complexity index is 875. The van der Waals surface area contributed by atoms with Crippen molar-refractivity contribution in [2.45, 2.75) is 38.1 Å². The van der Waals surface area contributed by atoms with Crippen LogP contribution in [0.5, 0.6) is 0 Å². The van der Waals surface area contributed by atoms with Crippen molar-refractivity contribution in [1.82, 2.24) is 10.3 Å². The third kappa shape index (κ3) is 5.62. The van der Waals surface area contributed by atoms with Crippen molar-refractivity contribution in [2.24, 2.45) is 0 Å². The van der Waals surface area contributed by atoms with Crippen LogP contribution in [0.3, 0.4) is 0 Å². The van der Waals surface area contributed by atoms with Crippen molar-refractivity contribution in [3.63, 3.8) is 0 Å². The van der Waals surface area contributed by atoms with Crippen molar-refractivity contribution in [3.8, 4) is 0 Å². The Labute approximate surface area is 162 Å². The van der Waals surface area contributed by atoms with E-state index in [1.807, 2.05) is 48.5 Å². The van der Waals surface area contributed by atoms with Gasteiger partial charge in [0.15, 0.2) is 0 Å². The second kappa shape index (κ2) is 9.28. The molecule has 0 aliphatic carbocycles. The van der Waals surface area contributed by atoms with Gasteiger partial charge >= 0.3 is 5.97 Å². The second-order valence-corrected chi connectivity index (χ2v) is 7.55. The van der Waals surface area contributed by atoms with Crippen molar-refractivity contribution in [3.05, 3.63) is 65.2 Å². The molecule has 2 N–H and O–H groups in total. The number of amides is 1. The molecule has 0 aliphatic rings. The highest BCUT2D eigenvalue weighted by Crippen LogP contribution is 2.22. The Hall–Kier alpha value is -2.73. The summed E-state index contributed by atoms with van der Waals surface area (Å²) < 4.78 is 1.18. The molecule has 0 unspecified atom stereocenters. The number of hydrogen-bond donors (Lipinski definition) is 2. The van der Waals surface area contributed by atoms with E-state index in [0.29, 0.717) is 12.8 Å². The molecule has 0 radical (unpaired) electrons. The number of carbonyl (C=O) groups is 2. The van der Waals surface area contributed by atoms with Gasteiger partial charge in [0, 0.05) is 12.8 Å². The molecule has 2 aromatic carbocycles. The van der Waals surface area contributed by atoms with Gasteiger partial charge in [0.05, 0.1) is 15.2 Å². The number of aryl methyl sites for hydroxylation is 1. The number of para-hydroxylation sites is 1. The number of fused-ring (bicyclic) bond motifs is 1. The highest BCUT2D eigenvalue weighted by molar-refractivity contribution is 7.18. The SMILES string of the molecule is O=C(CCCCc1nc2ccccc2s1)N[C@H](Cc1ccccc1)C(=O)O. The van der Waals surface area contributed by atoms with E-state index < -0.39 is 12.0 Å². The fourth-order valence-corrected chi connectivity index (χ4v) is 3.91. The van der Waals surface area contributed by atoms with Gasteiger partial charge in [-0.1, -0.05) is 42.5 Å². The number of thiazole rings is 1. The highest BCUT2D eigenvalue weighted by atomic mass is 32.1. The monoisotopic (exact) mass is 382 g/mol. The topological polar surface area (TPSA) is 79.3 Å². The second-order valence-electron chi connectivity index (χ2n) is 6.43. The summed E-state index contributed by atoms with van der Waals surface area (Å²) in [4.78, 5) is 28.1. The van der Waals surface area contributed by atoms with Crippen molar-refractivity contribution < 1.29 is 14.7 Å². The predicted octanol–water partition coefficient (Wildman–Crippen LogP) is 3.82. The molecule has 0 saturated heterocycles. The largest absolute Gasteiger partial charge is 0.480 e. The first-order chi connectivity index (χ1) is 13.1. The van der Waals surface area contributed by atoms with E-state index in [1.165, 1.54) is 4.70 Å². The summed E-state index contributed by atoms with van der Waals surface area (Å²) >= 11 is 1.68. The van der Waals surface area contributed by atoms with Crippen LogP contribution in [0, 0.1) is 0 Å². The fourth-order valence-electron chi connectivity index (χ4n) is 2.91. The summed E-state index contributed by atoms with van der Waals surface area (Å²) in [6.07, 6.45) is 3.00. The van der Waals surface area contributed by atoms with Crippen LogP contribution in [0.25, 0.3) is 10.2 Å². The van der Waals surface area contributed by atoms with Crippen molar-refractivity contribution >= 4 is 33.4 Å². The third-order valence-corrected chi connectivity index (χ3v) is 5.39. The molecular formula is C21H22N2O3S. The first kappa shape index (κ1) is 19.0. The summed E-state index contributed by atoms with van der Waals surface area (Å²) in [6, 6.07) is 16.5. The Morgan fingerprint density at radius 2 is 1.78 bits per heavy atom. The van der Waals surface area contributed by atoms with Crippen LogP contribution >= 0.6 is 11.3 Å². The lowest BCUT2D eigenvalue weighted by molar-refractivity contribution is -0.141. The average Bonchev–Trinajstić information content (AvgIpc) is 3.08. The molecule has 6 heteroatoms. The molecule has 27 heavy (non-hydrogen) atoms. The molecule has 3 aromatic rings. The van der Waals surface area contributed by atoms with Crippen molar-refractivity contribution in [1.29, 1.82) is 0 Å². The molecule has 140 valence electrons. The van der Waals surface area contributed by atoms with Gasteiger partial charge in [0.2, 0.25) is 5.91 Å². The number of carbonyl (C=O) groups excluding carboxylic acids is 1. The van der Waals surface area contributed by atoms with Crippen LogP contribution in [0.15, 0.2) is 54.6 Å². The maximum Gasteiger partial charge on any atom is 0.326 e. The number of hydrogen-bond acceptors (Lipinski definition) is 4. The van der Waals surface area contributed by atoms with Gasteiger partial charge < -0.3 is 10.4 Å². The summed E-state index contributed by atoms with van der Waals surface area (Å²) in [6.45, 7) is 0. The van der Waals surface area contributed by atoms with Crippen LogP contribution in [-0.2, 0) is 22.4 Å². The number of aromatic nitrogens is 1. The Balaban J connectivity index is 1.43. The highest BCUT2D eigenvalue weighted by Gasteiger charge is 2.20. The minimum Gasteiger partial charge on any atom is -0.480 e. The quantitative estimate of drug-likeness (QED) is 0.552. The molecule has 0 fully saturated rings. The van der Waals surface area contributed by atoms with Crippen LogP contribution < -0.4 is 5.32 Å². The van der Waals surface area contributed by atoms with Gasteiger partial charge in [-0.05, 0) is 37.0 Å². The zero-order valence-corrected chi connectivity index (χ0v) is 15.7. The lowest BCUT2D eigenvalue weighted by atomic mass is 10.1. The van der Waals surface area contributed by atoms with E-state index in [1.54, 1.807) is 11.3 Å². The summed E-state index contributed by atoms with van der Waals surface area (Å²) in [5.74, 6) is -1.23. The van der Waals surface area contributed by atoms with Crippen LogP contribution in [0.2, 0.25) is 0 Å². The minimum absolute atomic E-state index is 0.220. The lowest BCUT2D eigenvalue weighted by Crippen LogP contribution is -2.42. The number of nitrogens with one attached hydrogen (secondary N) is 1. The zero-order valence-electron chi connectivity index (χ0n) is 14.9. The normalized spacial score (nSPS) is 12.0. The number of carboxylic acid groups (broad SMARTS) is 1. The molecule has 1 aromatic heterocycles. The van der Waals surface area contributed by atoms with Gasteiger partial charge in [0.25, 0.3) is 0 Å². The van der Waals surface area contributed by atoms with Crippen LogP contribution in [-0.4, -0.2) is 28.0 Å². The average molecular weight is 382 g/mol. The minimum atomic E-state index is -1.01. The van der Waals surface area contributed by atoms with Crippen LogP contribution in [0.1, 0.15) is 29.8 Å². The van der Waals surface area contributed by atoms with Crippen LogP contribution in [0.4, 0.5) is 0 Å². The standard InChI is InChI=1S/C21H22N2O3S/c24-19(22-17(21(25)26)14-15-8-2-1-3-9-15)12-6-7-13-20-23-16-10-4-5-11-18(16)27-20/h1-5,8-11,17H,6-7,12-14H2,(H,22,24)(H,25,26)/t17-/m1/s1. The Kier molecular flexibility index (Phi) is 6.54. The molecule has 0 bridgehead atoms. The molecule has 5 nitrogen and oxygen atoms in total. The fraction of sp³-hybridized carbons (Fsp3) is 0.286. The number of rotatable bonds is 9. The van der Waals surface area contributed by atoms with Gasteiger partial charge in [0.1, 0.15) is 6.04 Å². The van der Waals surface area contributed by atoms with E-state index in [-0.39, 0.29) is 12.3 Å². The molecule has 1 heterocycles. The molecule has 3 rings (SSSR count). The first-order valence-corrected chi connectivity index (χ1v) is 9.84. The number of benzene rings is 2. The first-order valence-electron chi connectivity index (χ1n) is 9.02. The summed E-state index contributed by atoms with van der Waals surface area (Å²) in [5.41, 5.74) is 1.90. The molecule has 1 atom stereocenters. The van der Waals surface area contributed by atoms with E-state index in [2.05, 4.69) is 16.4 Å². The summed E-state index contributed by atoms with van der Waals surface area (Å²) in [7, 11) is 0. The third-order valence-electron chi connectivity index (χ3n) is 4.30. The van der Waals surface area contributed by atoms with Gasteiger partial charge in [-0.3, -0.25) is 4.79 Å². The molecule has 0 spiro atoms. The Morgan fingerprint density at radius 1 is 1.04 bits per heavy atom. The summed E-state index contributed by atoms with van der Waals surface area (Å²) in [5, 5.41) is 13.1. The maximum atomic E-state index is 12.1. The van der Waals surface area contributed by atoms with Gasteiger partial charge in [-0.15, -0.1) is 11.3 Å². The van der Waals surface area contributed by atoms with E-state index in [9.17, 15) is 14.7 Å². The van der Waals surface area contributed by atoms with Gasteiger partial charge in [-0.25, -0.2) is 9.78 Å². The van der Waals surface area contributed by atoms with E-state index in [4.69, 9.17) is 0 Å². The van der Waals surface area contributed by atoms with Gasteiger partial charge in [-0.2, -0.15) is 0 Å². The predicted molar refractivity (Wildman–Crippen MR) is 107 cm³/mol. The smallest absolute Gasteiger partial charge is 0.326 e. The molecule has 0 saturated carbocycles. The Morgan fingerprint density at radius 3 is 2.52 bits per heavy atom. The van der Waals surface area contributed by atoms with E-state index >= 15 is 0 Å².